The van der Waals surface area contributed by atoms with Crippen LogP contribution in [0.3, 0.4) is 0 Å². The van der Waals surface area contributed by atoms with Crippen LogP contribution in [0.4, 0.5) is 0 Å². The van der Waals surface area contributed by atoms with E-state index in [1.54, 1.807) is 0 Å². The lowest BCUT2D eigenvalue weighted by molar-refractivity contribution is -0.366. The van der Waals surface area contributed by atoms with Crippen molar-refractivity contribution in [1.82, 2.24) is 0 Å². The minimum absolute atomic E-state index is 0.245. The Morgan fingerprint density at radius 2 is 2.20 bits per heavy atom. The smallest absolute Gasteiger partial charge is 0.0903 e. The van der Waals surface area contributed by atoms with Crippen LogP contribution in [0.2, 0.25) is 0 Å². The van der Waals surface area contributed by atoms with E-state index in [0.717, 1.165) is 6.54 Å². The van der Waals surface area contributed by atoms with Gasteiger partial charge in [0, 0.05) is 0 Å². The largest absolute Gasteiger partial charge is 0.356 e. The van der Waals surface area contributed by atoms with Crippen LogP contribution in [0.25, 0.3) is 0 Å². The molecule has 0 rings (SSSR count). The van der Waals surface area contributed by atoms with Crippen molar-refractivity contribution < 1.29 is 5.73 Å². The Morgan fingerprint density at radius 1 is 2.00 bits per heavy atom. The molecule has 0 aromatic rings. The fourth-order valence-electron chi connectivity index (χ4n) is 0. The van der Waals surface area contributed by atoms with Crippen LogP contribution in [0.15, 0.2) is 0 Å². The van der Waals surface area contributed by atoms with Gasteiger partial charge in [0.2, 0.25) is 0 Å². The zero-order chi connectivity index (χ0) is 4.28. The van der Waals surface area contributed by atoms with Crippen molar-refractivity contribution in [3.63, 3.8) is 0 Å². The molecule has 5 heavy (non-hydrogen) atoms. The van der Waals surface area contributed by atoms with E-state index in [1.807, 2.05) is 6.92 Å². The molecule has 0 aliphatic rings. The molecule has 0 saturated carbocycles. The Labute approximate surface area is 37.1 Å². The number of quaternary nitrogens is 1. The molecular weight excluding hydrogens is 85.5 g/mol. The van der Waals surface area contributed by atoms with Gasteiger partial charge in [-0.05, 0) is 6.92 Å². The van der Waals surface area contributed by atoms with Gasteiger partial charge in [0.15, 0.2) is 0 Å². The molecule has 0 spiro atoms. The molecule has 0 radical (unpaired) electrons. The lowest BCUT2D eigenvalue weighted by Crippen LogP contribution is -2.53. The molecule has 0 saturated heterocycles. The Bertz CT molecular complexity index is 20.9. The summed E-state index contributed by atoms with van der Waals surface area (Å²) in [6, 6.07) is 0. The molecule has 0 aliphatic heterocycles. The third-order valence-electron chi connectivity index (χ3n) is 0.398. The first kappa shape index (κ1) is 5.25. The summed E-state index contributed by atoms with van der Waals surface area (Å²) >= 11 is 5.40. The SMILES string of the molecule is CC(Cl)C[NH3+]. The van der Waals surface area contributed by atoms with E-state index < -0.39 is 0 Å². The van der Waals surface area contributed by atoms with Crippen molar-refractivity contribution in [2.24, 2.45) is 0 Å². The molecular formula is C3H9ClN+. The number of rotatable bonds is 1. The molecule has 0 amide bonds. The van der Waals surface area contributed by atoms with Crippen molar-refractivity contribution in [1.29, 1.82) is 0 Å². The molecule has 1 atom stereocenters. The van der Waals surface area contributed by atoms with E-state index in [4.69, 9.17) is 11.6 Å². The normalized spacial score (nSPS) is 15.0. The Morgan fingerprint density at radius 3 is 2.20 bits per heavy atom. The van der Waals surface area contributed by atoms with Crippen molar-refractivity contribution in [3.05, 3.63) is 0 Å². The molecule has 3 N–H and O–H groups in total. The van der Waals surface area contributed by atoms with E-state index in [-0.39, 0.29) is 5.38 Å². The van der Waals surface area contributed by atoms with E-state index >= 15 is 0 Å². The van der Waals surface area contributed by atoms with Crippen molar-refractivity contribution in [2.75, 3.05) is 6.54 Å². The summed E-state index contributed by atoms with van der Waals surface area (Å²) in [5.41, 5.74) is 3.55. The molecule has 0 aromatic heterocycles. The van der Waals surface area contributed by atoms with Gasteiger partial charge in [0.05, 0.1) is 11.9 Å². The summed E-state index contributed by atoms with van der Waals surface area (Å²) in [4.78, 5) is 0. The summed E-state index contributed by atoms with van der Waals surface area (Å²) < 4.78 is 0. The van der Waals surface area contributed by atoms with Gasteiger partial charge < -0.3 is 5.73 Å². The maximum atomic E-state index is 5.40. The quantitative estimate of drug-likeness (QED) is 0.438. The lowest BCUT2D eigenvalue weighted by atomic mass is 10.5. The predicted octanol–water partition coefficient (Wildman–Crippen LogP) is -0.144. The van der Waals surface area contributed by atoms with Gasteiger partial charge in [-0.1, -0.05) is 0 Å². The summed E-state index contributed by atoms with van der Waals surface area (Å²) in [5.74, 6) is 0. The van der Waals surface area contributed by atoms with Crippen LogP contribution in [-0.4, -0.2) is 11.9 Å². The standard InChI is InChI=1S/C3H8ClN/c1-3(4)2-5/h3H,2,5H2,1H3/p+1. The van der Waals surface area contributed by atoms with Crippen molar-refractivity contribution >= 4 is 11.6 Å². The highest BCUT2D eigenvalue weighted by atomic mass is 35.5. The van der Waals surface area contributed by atoms with Crippen molar-refractivity contribution in [3.8, 4) is 0 Å². The maximum absolute atomic E-state index is 5.40. The number of halogens is 1. The second kappa shape index (κ2) is 2.49. The second-order valence-corrected chi connectivity index (χ2v) is 1.81. The average molecular weight is 94.6 g/mol. The van der Waals surface area contributed by atoms with Crippen LogP contribution >= 0.6 is 11.6 Å². The van der Waals surface area contributed by atoms with Crippen LogP contribution in [0.5, 0.6) is 0 Å². The van der Waals surface area contributed by atoms with Gasteiger partial charge in [0.1, 0.15) is 0 Å². The molecule has 0 heterocycles. The van der Waals surface area contributed by atoms with E-state index in [2.05, 4.69) is 5.73 Å². The van der Waals surface area contributed by atoms with Crippen LogP contribution < -0.4 is 5.73 Å². The Hall–Kier alpha value is 0.250. The minimum atomic E-state index is 0.245. The first-order valence-electron chi connectivity index (χ1n) is 1.70. The summed E-state index contributed by atoms with van der Waals surface area (Å²) in [6.07, 6.45) is 0. The van der Waals surface area contributed by atoms with E-state index in [1.165, 1.54) is 0 Å². The fourth-order valence-corrected chi connectivity index (χ4v) is 0. The topological polar surface area (TPSA) is 27.6 Å². The van der Waals surface area contributed by atoms with Crippen LogP contribution in [-0.2, 0) is 0 Å². The monoisotopic (exact) mass is 94.0 g/mol. The lowest BCUT2D eigenvalue weighted by Gasteiger charge is -1.84. The second-order valence-electron chi connectivity index (χ2n) is 1.07. The Balaban J connectivity index is 2.54. The molecule has 0 aliphatic carbocycles. The summed E-state index contributed by atoms with van der Waals surface area (Å²) in [7, 11) is 0. The molecule has 0 fully saturated rings. The fraction of sp³-hybridized carbons (Fsp3) is 1.00. The van der Waals surface area contributed by atoms with Crippen molar-refractivity contribution in [2.45, 2.75) is 12.3 Å². The zero-order valence-corrected chi connectivity index (χ0v) is 4.13. The molecule has 1 nitrogen and oxygen atoms in total. The van der Waals surface area contributed by atoms with Gasteiger partial charge in [-0.3, -0.25) is 0 Å². The number of hydrogen-bond donors (Lipinski definition) is 1. The maximum Gasteiger partial charge on any atom is 0.0903 e. The van der Waals surface area contributed by atoms with E-state index in [9.17, 15) is 0 Å². The van der Waals surface area contributed by atoms with E-state index in [0.29, 0.717) is 0 Å². The summed E-state index contributed by atoms with van der Waals surface area (Å²) in [5, 5.41) is 0.245. The predicted molar refractivity (Wildman–Crippen MR) is 23.1 cm³/mol. The molecule has 0 bridgehead atoms. The first-order chi connectivity index (χ1) is 2.27. The molecule has 32 valence electrons. The van der Waals surface area contributed by atoms with Gasteiger partial charge >= 0.3 is 0 Å². The zero-order valence-electron chi connectivity index (χ0n) is 3.37. The van der Waals surface area contributed by atoms with Gasteiger partial charge in [-0.2, -0.15) is 0 Å². The molecule has 1 unspecified atom stereocenters. The average Bonchev–Trinajstić information content (AvgIpc) is 1.38. The highest BCUT2D eigenvalue weighted by molar-refractivity contribution is 6.20. The molecule has 0 aromatic carbocycles. The Kier molecular flexibility index (Phi) is 2.61. The number of alkyl halides is 1. The molecule has 2 heteroatoms. The highest BCUT2D eigenvalue weighted by Gasteiger charge is 1.87. The van der Waals surface area contributed by atoms with Gasteiger partial charge in [-0.25, -0.2) is 0 Å². The number of hydrogen-bond acceptors (Lipinski definition) is 0. The highest BCUT2D eigenvalue weighted by Crippen LogP contribution is 1.83. The van der Waals surface area contributed by atoms with Gasteiger partial charge in [-0.15, -0.1) is 11.6 Å². The van der Waals surface area contributed by atoms with Crippen LogP contribution in [0.1, 0.15) is 6.92 Å². The summed E-state index contributed by atoms with van der Waals surface area (Å²) in [6.45, 7) is 2.75. The van der Waals surface area contributed by atoms with Crippen LogP contribution in [0, 0.1) is 0 Å². The third-order valence-corrected chi connectivity index (χ3v) is 0.616. The minimum Gasteiger partial charge on any atom is -0.356 e. The van der Waals surface area contributed by atoms with Gasteiger partial charge in [0.25, 0.3) is 0 Å². The first-order valence-corrected chi connectivity index (χ1v) is 2.14. The third kappa shape index (κ3) is 4.25.